The van der Waals surface area contributed by atoms with Crippen LogP contribution in [0, 0.1) is 28.8 Å². The van der Waals surface area contributed by atoms with E-state index in [1.54, 1.807) is 6.07 Å². The summed E-state index contributed by atoms with van der Waals surface area (Å²) in [5.74, 6) is -5.03. The third kappa shape index (κ3) is 5.20. The number of morpholine rings is 1. The van der Waals surface area contributed by atoms with Crippen molar-refractivity contribution in [3.8, 4) is 6.07 Å². The van der Waals surface area contributed by atoms with Crippen molar-refractivity contribution in [3.63, 3.8) is 0 Å². The minimum absolute atomic E-state index is 0.314. The van der Waals surface area contributed by atoms with Gasteiger partial charge in [-0.2, -0.15) is 5.26 Å². The van der Waals surface area contributed by atoms with Crippen molar-refractivity contribution in [1.29, 1.82) is 5.26 Å². The van der Waals surface area contributed by atoms with Crippen molar-refractivity contribution in [1.82, 2.24) is 10.2 Å². The molecule has 0 radical (unpaired) electrons. The minimum atomic E-state index is -1.63. The predicted octanol–water partition coefficient (Wildman–Crippen LogP) is 1.37. The smallest absolute Gasteiger partial charge is 0.263 e. The molecule has 1 aromatic carbocycles. The second kappa shape index (κ2) is 9.05. The Bertz CT molecular complexity index is 697. The fourth-order valence-corrected chi connectivity index (χ4v) is 2.18. The summed E-state index contributed by atoms with van der Waals surface area (Å²) in [6, 6.07) is 3.38. The molecule has 1 saturated heterocycles. The zero-order chi connectivity index (χ0) is 18.2. The molecule has 1 aliphatic rings. The minimum Gasteiger partial charge on any atom is -0.379 e. The van der Waals surface area contributed by atoms with E-state index < -0.39 is 23.4 Å². The zero-order valence-corrected chi connectivity index (χ0v) is 13.3. The van der Waals surface area contributed by atoms with Gasteiger partial charge >= 0.3 is 0 Å². The molecule has 9 heteroatoms. The molecule has 0 saturated carbocycles. The normalized spacial score (nSPS) is 15.5. The van der Waals surface area contributed by atoms with Crippen LogP contribution in [0.2, 0.25) is 0 Å². The van der Waals surface area contributed by atoms with Gasteiger partial charge in [-0.25, -0.2) is 13.2 Å². The third-order valence-electron chi connectivity index (χ3n) is 3.59. The summed E-state index contributed by atoms with van der Waals surface area (Å²) in [7, 11) is 0. The summed E-state index contributed by atoms with van der Waals surface area (Å²) in [5, 5.41) is 13.9. The van der Waals surface area contributed by atoms with Crippen LogP contribution >= 0.6 is 0 Å². The van der Waals surface area contributed by atoms with E-state index in [2.05, 4.69) is 15.5 Å². The summed E-state index contributed by atoms with van der Waals surface area (Å²) in [5.41, 5.74) is -0.695. The molecular weight excluding hydrogens is 337 g/mol. The van der Waals surface area contributed by atoms with Crippen LogP contribution in [-0.4, -0.2) is 50.2 Å². The second-order valence-corrected chi connectivity index (χ2v) is 5.25. The Labute approximate surface area is 142 Å². The number of hydrogen-bond acceptors (Lipinski definition) is 5. The number of amides is 1. The molecule has 1 aromatic rings. The number of nitrogens with one attached hydrogen (secondary N) is 2. The topological polar surface area (TPSA) is 77.4 Å². The monoisotopic (exact) mass is 354 g/mol. The molecule has 0 aromatic heterocycles. The summed E-state index contributed by atoms with van der Waals surface area (Å²) in [6.45, 7) is 3.76. The lowest BCUT2D eigenvalue weighted by molar-refractivity contribution is -0.117. The van der Waals surface area contributed by atoms with Gasteiger partial charge in [-0.1, -0.05) is 0 Å². The number of anilines is 1. The number of nitrogens with zero attached hydrogens (tertiary/aromatic N) is 2. The van der Waals surface area contributed by atoms with Crippen LogP contribution in [0.25, 0.3) is 0 Å². The Morgan fingerprint density at radius 2 is 2.00 bits per heavy atom. The number of halogens is 3. The number of rotatable bonds is 6. The summed E-state index contributed by atoms with van der Waals surface area (Å²) < 4.78 is 44.7. The molecule has 0 bridgehead atoms. The van der Waals surface area contributed by atoms with Crippen LogP contribution in [0.5, 0.6) is 0 Å². The average molecular weight is 354 g/mol. The highest BCUT2D eigenvalue weighted by atomic mass is 19.2. The molecule has 2 N–H and O–H groups in total. The van der Waals surface area contributed by atoms with Crippen LogP contribution in [0.1, 0.15) is 0 Å². The maximum absolute atomic E-state index is 13.5. The van der Waals surface area contributed by atoms with E-state index in [0.29, 0.717) is 26.3 Å². The van der Waals surface area contributed by atoms with Gasteiger partial charge in [-0.05, 0) is 12.1 Å². The van der Waals surface area contributed by atoms with Gasteiger partial charge in [0.1, 0.15) is 11.6 Å². The molecule has 1 heterocycles. The Hall–Kier alpha value is -2.57. The maximum Gasteiger partial charge on any atom is 0.263 e. The molecule has 0 atom stereocenters. The van der Waals surface area contributed by atoms with Gasteiger partial charge in [-0.15, -0.1) is 0 Å². The number of hydrogen-bond donors (Lipinski definition) is 2. The molecule has 134 valence electrons. The predicted molar refractivity (Wildman–Crippen MR) is 83.9 cm³/mol. The number of carbonyl (C=O) groups excluding carboxylic acids is 1. The quantitative estimate of drug-likeness (QED) is 0.458. The second-order valence-electron chi connectivity index (χ2n) is 5.25. The molecule has 0 spiro atoms. The Morgan fingerprint density at radius 1 is 1.28 bits per heavy atom. The molecule has 25 heavy (non-hydrogen) atoms. The van der Waals surface area contributed by atoms with E-state index >= 15 is 0 Å². The van der Waals surface area contributed by atoms with Gasteiger partial charge in [0.2, 0.25) is 0 Å². The lowest BCUT2D eigenvalue weighted by Gasteiger charge is -2.26. The summed E-state index contributed by atoms with van der Waals surface area (Å²) in [6.07, 6.45) is 0.944. The van der Waals surface area contributed by atoms with Crippen LogP contribution in [0.4, 0.5) is 18.9 Å². The molecule has 1 amide bonds. The maximum atomic E-state index is 13.5. The highest BCUT2D eigenvalue weighted by molar-refractivity contribution is 5.97. The highest BCUT2D eigenvalue weighted by Gasteiger charge is 2.14. The Morgan fingerprint density at radius 3 is 2.68 bits per heavy atom. The molecular formula is C16H17F3N4O2. The summed E-state index contributed by atoms with van der Waals surface area (Å²) >= 11 is 0. The first-order valence-electron chi connectivity index (χ1n) is 7.61. The molecule has 1 fully saturated rings. The first-order chi connectivity index (χ1) is 12.0. The third-order valence-corrected chi connectivity index (χ3v) is 3.59. The van der Waals surface area contributed by atoms with Crippen LogP contribution in [-0.2, 0) is 9.53 Å². The van der Waals surface area contributed by atoms with Crippen molar-refractivity contribution < 1.29 is 22.7 Å². The first kappa shape index (κ1) is 18.8. The van der Waals surface area contributed by atoms with E-state index in [1.807, 2.05) is 0 Å². The van der Waals surface area contributed by atoms with E-state index in [9.17, 15) is 18.0 Å². The number of carbonyl (C=O) groups is 1. The molecule has 0 unspecified atom stereocenters. The number of ether oxygens (including phenoxy) is 1. The SMILES string of the molecule is N#C/C(=C/Nc1ccc(F)c(F)c1F)C(=O)NCCN1CCOCC1. The zero-order valence-electron chi connectivity index (χ0n) is 13.3. The largest absolute Gasteiger partial charge is 0.379 e. The van der Waals surface area contributed by atoms with E-state index in [4.69, 9.17) is 10.00 Å². The average Bonchev–Trinajstić information content (AvgIpc) is 2.63. The van der Waals surface area contributed by atoms with Gasteiger partial charge in [0.15, 0.2) is 17.5 Å². The van der Waals surface area contributed by atoms with Crippen molar-refractivity contribution in [2.45, 2.75) is 0 Å². The van der Waals surface area contributed by atoms with Crippen molar-refractivity contribution in [3.05, 3.63) is 41.4 Å². The fraction of sp³-hybridized carbons (Fsp3) is 0.375. The van der Waals surface area contributed by atoms with Gasteiger partial charge in [0, 0.05) is 32.4 Å². The summed E-state index contributed by atoms with van der Waals surface area (Å²) in [4.78, 5) is 14.0. The molecule has 2 rings (SSSR count). The Balaban J connectivity index is 1.89. The standard InChI is InChI=1S/C16H17F3N4O2/c17-12-1-2-13(15(19)14(12)18)22-10-11(9-20)16(24)21-3-4-23-5-7-25-8-6-23/h1-2,10,22H,3-8H2,(H,21,24)/b11-10-. The van der Waals surface area contributed by atoms with Crippen molar-refractivity contribution in [2.24, 2.45) is 0 Å². The van der Waals surface area contributed by atoms with E-state index in [0.717, 1.165) is 31.4 Å². The fourth-order valence-electron chi connectivity index (χ4n) is 2.18. The van der Waals surface area contributed by atoms with Crippen molar-refractivity contribution in [2.75, 3.05) is 44.7 Å². The highest BCUT2D eigenvalue weighted by Crippen LogP contribution is 2.19. The first-order valence-corrected chi connectivity index (χ1v) is 7.61. The van der Waals surface area contributed by atoms with E-state index in [1.165, 1.54) is 0 Å². The van der Waals surface area contributed by atoms with E-state index in [-0.39, 0.29) is 11.3 Å². The lowest BCUT2D eigenvalue weighted by Crippen LogP contribution is -2.41. The van der Waals surface area contributed by atoms with Gasteiger partial charge in [-0.3, -0.25) is 9.69 Å². The number of benzene rings is 1. The van der Waals surface area contributed by atoms with Crippen LogP contribution < -0.4 is 10.6 Å². The van der Waals surface area contributed by atoms with Gasteiger partial charge in [0.05, 0.1) is 18.9 Å². The lowest BCUT2D eigenvalue weighted by atomic mass is 10.2. The number of nitriles is 1. The van der Waals surface area contributed by atoms with Gasteiger partial charge in [0.25, 0.3) is 5.91 Å². The molecule has 1 aliphatic heterocycles. The van der Waals surface area contributed by atoms with Crippen molar-refractivity contribution >= 4 is 11.6 Å². The van der Waals surface area contributed by atoms with Gasteiger partial charge < -0.3 is 15.4 Å². The Kier molecular flexibility index (Phi) is 6.80. The molecule has 0 aliphatic carbocycles. The van der Waals surface area contributed by atoms with Crippen LogP contribution in [0.15, 0.2) is 23.9 Å². The van der Waals surface area contributed by atoms with Crippen LogP contribution in [0.3, 0.4) is 0 Å². The molecule has 6 nitrogen and oxygen atoms in total.